The van der Waals surface area contributed by atoms with E-state index in [-0.39, 0.29) is 0 Å². The van der Waals surface area contributed by atoms with Crippen molar-refractivity contribution in [2.75, 3.05) is 12.3 Å². The predicted octanol–water partition coefficient (Wildman–Crippen LogP) is 1.02. The number of aromatic nitrogens is 1. The van der Waals surface area contributed by atoms with E-state index in [0.29, 0.717) is 6.04 Å². The first-order valence-electron chi connectivity index (χ1n) is 4.03. The summed E-state index contributed by atoms with van der Waals surface area (Å²) in [6.45, 7) is 1.12. The maximum Gasteiger partial charge on any atom is 0.0540 e. The fourth-order valence-corrected chi connectivity index (χ4v) is 1.64. The molecule has 2 rings (SSSR count). The minimum Gasteiger partial charge on any atom is -0.397 e. The summed E-state index contributed by atoms with van der Waals surface area (Å²) in [7, 11) is 0. The van der Waals surface area contributed by atoms with Gasteiger partial charge in [-0.15, -0.1) is 0 Å². The Labute approximate surface area is 66.0 Å². The molecule has 0 bridgehead atoms. The van der Waals surface area contributed by atoms with Gasteiger partial charge in [0.25, 0.3) is 0 Å². The number of nitrogens with two attached hydrogens (primary N) is 1. The quantitative estimate of drug-likeness (QED) is 0.561. The van der Waals surface area contributed by atoms with E-state index in [0.717, 1.165) is 12.2 Å². The number of aromatic amines is 1. The fraction of sp³-hybridized carbons (Fsp3) is 0.500. The third kappa shape index (κ3) is 1.12. The summed E-state index contributed by atoms with van der Waals surface area (Å²) in [6.07, 6.45) is 6.30. The van der Waals surface area contributed by atoms with Crippen molar-refractivity contribution in [2.24, 2.45) is 0 Å². The van der Waals surface area contributed by atoms with Crippen LogP contribution in [0.5, 0.6) is 0 Å². The van der Waals surface area contributed by atoms with Crippen LogP contribution >= 0.6 is 0 Å². The van der Waals surface area contributed by atoms with Crippen LogP contribution in [0.3, 0.4) is 0 Å². The van der Waals surface area contributed by atoms with Gasteiger partial charge in [-0.05, 0) is 19.4 Å². The topological polar surface area (TPSA) is 53.8 Å². The molecule has 1 aliphatic heterocycles. The maximum absolute atomic E-state index is 5.75. The number of rotatable bonds is 1. The third-order valence-corrected chi connectivity index (χ3v) is 2.25. The van der Waals surface area contributed by atoms with E-state index >= 15 is 0 Å². The van der Waals surface area contributed by atoms with Crippen molar-refractivity contribution in [3.63, 3.8) is 0 Å². The molecule has 3 heteroatoms. The molecule has 1 fully saturated rings. The van der Waals surface area contributed by atoms with Gasteiger partial charge in [0.2, 0.25) is 0 Å². The van der Waals surface area contributed by atoms with E-state index < -0.39 is 0 Å². The van der Waals surface area contributed by atoms with E-state index in [4.69, 9.17) is 5.73 Å². The van der Waals surface area contributed by atoms with Crippen LogP contribution in [0.2, 0.25) is 0 Å². The summed E-state index contributed by atoms with van der Waals surface area (Å²) in [4.78, 5) is 3.01. The highest BCUT2D eigenvalue weighted by atomic mass is 14.9. The Hall–Kier alpha value is -0.960. The molecule has 0 amide bonds. The van der Waals surface area contributed by atoms with Gasteiger partial charge < -0.3 is 16.0 Å². The minimum absolute atomic E-state index is 0.487. The molecule has 2 heterocycles. The molecule has 4 N–H and O–H groups in total. The van der Waals surface area contributed by atoms with Crippen LogP contribution in [0.25, 0.3) is 0 Å². The van der Waals surface area contributed by atoms with Crippen LogP contribution in [-0.2, 0) is 0 Å². The molecule has 1 atom stereocenters. The molecule has 1 aromatic heterocycles. The number of hydrogen-bond acceptors (Lipinski definition) is 2. The molecular weight excluding hydrogens is 138 g/mol. The summed E-state index contributed by atoms with van der Waals surface area (Å²) < 4.78 is 0. The zero-order valence-electron chi connectivity index (χ0n) is 6.43. The van der Waals surface area contributed by atoms with Crippen molar-refractivity contribution in [3.8, 4) is 0 Å². The van der Waals surface area contributed by atoms with Gasteiger partial charge >= 0.3 is 0 Å². The Morgan fingerprint density at radius 3 is 2.91 bits per heavy atom. The SMILES string of the molecule is Nc1c[nH]cc1[C@H]1CCCN1. The van der Waals surface area contributed by atoms with E-state index in [9.17, 15) is 0 Å². The van der Waals surface area contributed by atoms with Crippen LogP contribution < -0.4 is 11.1 Å². The minimum atomic E-state index is 0.487. The van der Waals surface area contributed by atoms with Gasteiger partial charge in [-0.3, -0.25) is 0 Å². The maximum atomic E-state index is 5.75. The number of anilines is 1. The normalized spacial score (nSPS) is 24.2. The lowest BCUT2D eigenvalue weighted by molar-refractivity contribution is 0.650. The molecule has 0 saturated carbocycles. The largest absolute Gasteiger partial charge is 0.397 e. The number of H-pyrrole nitrogens is 1. The Bertz CT molecular complexity index is 235. The standard InChI is InChI=1S/C8H13N3/c9-7-5-10-4-6(7)8-2-1-3-11-8/h4-5,8,10-11H,1-3,9H2/t8-/m1/s1. The second-order valence-electron chi connectivity index (χ2n) is 3.01. The van der Waals surface area contributed by atoms with Gasteiger partial charge in [0.1, 0.15) is 0 Å². The summed E-state index contributed by atoms with van der Waals surface area (Å²) in [5.41, 5.74) is 7.85. The first kappa shape index (κ1) is 6.73. The summed E-state index contributed by atoms with van der Waals surface area (Å²) in [6, 6.07) is 0.487. The van der Waals surface area contributed by atoms with Gasteiger partial charge in [-0.1, -0.05) is 0 Å². The Kier molecular flexibility index (Phi) is 1.58. The molecule has 0 aromatic carbocycles. The summed E-state index contributed by atoms with van der Waals surface area (Å²) >= 11 is 0. The van der Waals surface area contributed by atoms with Gasteiger partial charge in [0, 0.05) is 24.0 Å². The second-order valence-corrected chi connectivity index (χ2v) is 3.01. The predicted molar refractivity (Wildman–Crippen MR) is 45.2 cm³/mol. The van der Waals surface area contributed by atoms with Gasteiger partial charge in [0.05, 0.1) is 5.69 Å². The Morgan fingerprint density at radius 2 is 2.36 bits per heavy atom. The van der Waals surface area contributed by atoms with Crippen molar-refractivity contribution in [1.82, 2.24) is 10.3 Å². The lowest BCUT2D eigenvalue weighted by Crippen LogP contribution is -2.13. The number of nitrogens with one attached hydrogen (secondary N) is 2. The van der Waals surface area contributed by atoms with Crippen molar-refractivity contribution in [1.29, 1.82) is 0 Å². The molecular formula is C8H13N3. The highest BCUT2D eigenvalue weighted by Gasteiger charge is 2.18. The van der Waals surface area contributed by atoms with Crippen molar-refractivity contribution >= 4 is 5.69 Å². The highest BCUT2D eigenvalue weighted by Crippen LogP contribution is 2.26. The van der Waals surface area contributed by atoms with Crippen molar-refractivity contribution in [3.05, 3.63) is 18.0 Å². The smallest absolute Gasteiger partial charge is 0.0540 e. The molecule has 0 unspecified atom stereocenters. The van der Waals surface area contributed by atoms with Gasteiger partial charge in [-0.2, -0.15) is 0 Å². The fourth-order valence-electron chi connectivity index (χ4n) is 1.64. The first-order chi connectivity index (χ1) is 5.38. The molecule has 1 aromatic rings. The van der Waals surface area contributed by atoms with Crippen molar-refractivity contribution in [2.45, 2.75) is 18.9 Å². The second kappa shape index (κ2) is 2.58. The number of nitrogen functional groups attached to an aromatic ring is 1. The highest BCUT2D eigenvalue weighted by molar-refractivity contribution is 5.46. The lowest BCUT2D eigenvalue weighted by Gasteiger charge is -2.07. The van der Waals surface area contributed by atoms with Crippen molar-refractivity contribution < 1.29 is 0 Å². The van der Waals surface area contributed by atoms with E-state index in [2.05, 4.69) is 10.3 Å². The lowest BCUT2D eigenvalue weighted by atomic mass is 10.1. The van der Waals surface area contributed by atoms with Crippen LogP contribution in [0.15, 0.2) is 12.4 Å². The molecule has 3 nitrogen and oxygen atoms in total. The average molecular weight is 151 g/mol. The molecule has 60 valence electrons. The van der Waals surface area contributed by atoms with E-state index in [1.807, 2.05) is 12.4 Å². The van der Waals surface area contributed by atoms with Crippen LogP contribution in [-0.4, -0.2) is 11.5 Å². The van der Waals surface area contributed by atoms with Crippen LogP contribution in [0.4, 0.5) is 5.69 Å². The molecule has 0 radical (unpaired) electrons. The Balaban J connectivity index is 2.21. The molecule has 1 saturated heterocycles. The Morgan fingerprint density at radius 1 is 1.45 bits per heavy atom. The average Bonchev–Trinajstić information content (AvgIpc) is 2.55. The summed E-state index contributed by atoms with van der Waals surface area (Å²) in [5.74, 6) is 0. The molecule has 0 aliphatic carbocycles. The molecule has 1 aliphatic rings. The van der Waals surface area contributed by atoms with E-state index in [1.54, 1.807) is 0 Å². The number of hydrogen-bond donors (Lipinski definition) is 3. The van der Waals surface area contributed by atoms with Crippen LogP contribution in [0, 0.1) is 0 Å². The molecule has 11 heavy (non-hydrogen) atoms. The van der Waals surface area contributed by atoms with E-state index in [1.165, 1.54) is 18.4 Å². The van der Waals surface area contributed by atoms with Gasteiger partial charge in [-0.25, -0.2) is 0 Å². The molecule has 0 spiro atoms. The third-order valence-electron chi connectivity index (χ3n) is 2.25. The summed E-state index contributed by atoms with van der Waals surface area (Å²) in [5, 5.41) is 3.40. The van der Waals surface area contributed by atoms with Crippen LogP contribution in [0.1, 0.15) is 24.4 Å². The first-order valence-corrected chi connectivity index (χ1v) is 4.03. The zero-order valence-corrected chi connectivity index (χ0v) is 6.43. The van der Waals surface area contributed by atoms with Gasteiger partial charge in [0.15, 0.2) is 0 Å². The zero-order chi connectivity index (χ0) is 7.68. The monoisotopic (exact) mass is 151 g/mol.